The van der Waals surface area contributed by atoms with Crippen LogP contribution in [0.2, 0.25) is 0 Å². The number of carbonyl (C=O) groups is 2. The zero-order chi connectivity index (χ0) is 21.4. The van der Waals surface area contributed by atoms with Crippen molar-refractivity contribution in [1.82, 2.24) is 9.88 Å². The second-order valence-electron chi connectivity index (χ2n) is 8.34. The highest BCUT2D eigenvalue weighted by molar-refractivity contribution is 5.98. The number of aromatic nitrogens is 1. The molecular weight excluding hydrogens is 381 g/mol. The molecule has 6 heteroatoms. The van der Waals surface area contributed by atoms with Crippen molar-refractivity contribution in [1.29, 1.82) is 0 Å². The summed E-state index contributed by atoms with van der Waals surface area (Å²) < 4.78 is 15.9. The molecule has 0 spiro atoms. The Morgan fingerprint density at radius 2 is 2.03 bits per heavy atom. The van der Waals surface area contributed by atoms with Crippen LogP contribution in [0.25, 0.3) is 10.9 Å². The first-order valence-electron chi connectivity index (χ1n) is 10.3. The van der Waals surface area contributed by atoms with Crippen LogP contribution in [0.15, 0.2) is 42.5 Å². The summed E-state index contributed by atoms with van der Waals surface area (Å²) in [4.78, 5) is 23.9. The number of fused-ring (bicyclic) bond motifs is 3. The molecule has 2 aromatic carbocycles. The minimum atomic E-state index is -0.469. The highest BCUT2D eigenvalue weighted by Gasteiger charge is 2.27. The molecule has 5 nitrogen and oxygen atoms in total. The number of carbonyl (C=O) groups excluding carboxylic acids is 2. The zero-order valence-corrected chi connectivity index (χ0v) is 17.2. The number of primary amides is 1. The molecule has 0 saturated heterocycles. The molecule has 0 aliphatic heterocycles. The van der Waals surface area contributed by atoms with E-state index in [1.54, 1.807) is 18.2 Å². The van der Waals surface area contributed by atoms with E-state index in [9.17, 15) is 14.0 Å². The van der Waals surface area contributed by atoms with E-state index in [0.717, 1.165) is 34.9 Å². The third-order valence-electron chi connectivity index (χ3n) is 5.85. The van der Waals surface area contributed by atoms with E-state index in [-0.39, 0.29) is 23.7 Å². The summed E-state index contributed by atoms with van der Waals surface area (Å²) in [6.07, 6.45) is 2.34. The van der Waals surface area contributed by atoms with E-state index in [2.05, 4.69) is 9.88 Å². The summed E-state index contributed by atoms with van der Waals surface area (Å²) in [5.74, 6) is -0.749. The van der Waals surface area contributed by atoms with E-state index < -0.39 is 5.91 Å². The number of amides is 2. The lowest BCUT2D eigenvalue weighted by Crippen LogP contribution is -2.41. The van der Waals surface area contributed by atoms with Gasteiger partial charge in [0.1, 0.15) is 5.82 Å². The fourth-order valence-electron chi connectivity index (χ4n) is 4.29. The van der Waals surface area contributed by atoms with Crippen LogP contribution in [-0.2, 0) is 24.2 Å². The molecule has 0 saturated carbocycles. The van der Waals surface area contributed by atoms with Crippen LogP contribution in [-0.4, -0.2) is 22.4 Å². The van der Waals surface area contributed by atoms with Gasteiger partial charge in [0.25, 0.3) is 0 Å². The van der Waals surface area contributed by atoms with Gasteiger partial charge in [0.15, 0.2) is 0 Å². The van der Waals surface area contributed by atoms with Gasteiger partial charge in [0.2, 0.25) is 11.8 Å². The van der Waals surface area contributed by atoms with Gasteiger partial charge in [-0.3, -0.25) is 9.59 Å². The van der Waals surface area contributed by atoms with Crippen LogP contribution in [0.5, 0.6) is 0 Å². The minimum Gasteiger partial charge on any atom is -0.366 e. The van der Waals surface area contributed by atoms with Gasteiger partial charge in [-0.1, -0.05) is 26.0 Å². The molecule has 4 rings (SSSR count). The van der Waals surface area contributed by atoms with Gasteiger partial charge in [-0.15, -0.1) is 0 Å². The molecule has 156 valence electrons. The second kappa shape index (κ2) is 7.94. The lowest BCUT2D eigenvalue weighted by molar-refractivity contribution is -0.124. The topological polar surface area (TPSA) is 77.1 Å². The van der Waals surface area contributed by atoms with Gasteiger partial charge < -0.3 is 15.6 Å². The maximum atomic E-state index is 13.7. The molecule has 1 aliphatic carbocycles. The summed E-state index contributed by atoms with van der Waals surface area (Å²) in [7, 11) is 0. The maximum Gasteiger partial charge on any atom is 0.248 e. The van der Waals surface area contributed by atoms with Gasteiger partial charge in [-0.2, -0.15) is 0 Å². The van der Waals surface area contributed by atoms with E-state index >= 15 is 0 Å². The molecule has 1 unspecified atom stereocenters. The Balaban J connectivity index is 1.78. The van der Waals surface area contributed by atoms with Crippen molar-refractivity contribution in [3.8, 4) is 0 Å². The zero-order valence-electron chi connectivity index (χ0n) is 17.2. The minimum absolute atomic E-state index is 0.0461. The predicted octanol–water partition coefficient (Wildman–Crippen LogP) is 3.56. The normalized spacial score (nSPS) is 15.9. The fourth-order valence-corrected chi connectivity index (χ4v) is 4.29. The Labute approximate surface area is 175 Å². The monoisotopic (exact) mass is 407 g/mol. The SMILES string of the molecule is CC(C)C(=O)NC1CCc2c(c3cc(C(N)=O)ccc3n2Cc2cccc(F)c2)C1. The van der Waals surface area contributed by atoms with Gasteiger partial charge in [0.05, 0.1) is 0 Å². The van der Waals surface area contributed by atoms with Crippen molar-refractivity contribution >= 4 is 22.7 Å². The average molecular weight is 407 g/mol. The van der Waals surface area contributed by atoms with E-state index in [0.29, 0.717) is 18.5 Å². The number of hydrogen-bond acceptors (Lipinski definition) is 2. The number of halogens is 1. The average Bonchev–Trinajstić information content (AvgIpc) is 3.00. The Bertz CT molecular complexity index is 1130. The summed E-state index contributed by atoms with van der Waals surface area (Å²) in [5, 5.41) is 4.11. The quantitative estimate of drug-likeness (QED) is 0.678. The Morgan fingerprint density at radius 3 is 2.73 bits per heavy atom. The van der Waals surface area contributed by atoms with E-state index in [1.165, 1.54) is 11.8 Å². The number of hydrogen-bond donors (Lipinski definition) is 2. The summed E-state index contributed by atoms with van der Waals surface area (Å²) in [5.41, 5.74) is 10.1. The third kappa shape index (κ3) is 3.82. The van der Waals surface area contributed by atoms with E-state index in [1.807, 2.05) is 32.0 Å². The summed E-state index contributed by atoms with van der Waals surface area (Å²) in [6, 6.07) is 12.1. The van der Waals surface area contributed by atoms with Crippen molar-refractivity contribution in [3.63, 3.8) is 0 Å². The first-order valence-corrected chi connectivity index (χ1v) is 10.3. The number of nitrogens with one attached hydrogen (secondary N) is 1. The van der Waals surface area contributed by atoms with E-state index in [4.69, 9.17) is 5.73 Å². The van der Waals surface area contributed by atoms with Gasteiger partial charge in [0, 0.05) is 40.7 Å². The second-order valence-corrected chi connectivity index (χ2v) is 8.34. The van der Waals surface area contributed by atoms with Gasteiger partial charge >= 0.3 is 0 Å². The fraction of sp³-hybridized carbons (Fsp3) is 0.333. The standard InChI is InChI=1S/C24H26FN3O2/c1-14(2)24(30)27-18-7-9-22-20(12-18)19-11-16(23(26)29)6-8-21(19)28(22)13-15-4-3-5-17(25)10-15/h3-6,8,10-11,14,18H,7,9,12-13H2,1-2H3,(H2,26,29)(H,27,30). The first kappa shape index (κ1) is 20.1. The molecule has 3 aromatic rings. The third-order valence-corrected chi connectivity index (χ3v) is 5.85. The Hall–Kier alpha value is -3.15. The Morgan fingerprint density at radius 1 is 1.23 bits per heavy atom. The van der Waals surface area contributed by atoms with Gasteiger partial charge in [-0.05, 0) is 60.7 Å². The van der Waals surface area contributed by atoms with Crippen molar-refractivity contribution < 1.29 is 14.0 Å². The van der Waals surface area contributed by atoms with Crippen LogP contribution >= 0.6 is 0 Å². The lowest BCUT2D eigenvalue weighted by Gasteiger charge is -2.26. The van der Waals surface area contributed by atoms with Crippen molar-refractivity contribution in [3.05, 3.63) is 70.7 Å². The molecule has 30 heavy (non-hydrogen) atoms. The molecule has 1 heterocycles. The van der Waals surface area contributed by atoms with Crippen LogP contribution in [0.3, 0.4) is 0 Å². The molecule has 0 bridgehead atoms. The number of nitrogens with zero attached hydrogens (tertiary/aromatic N) is 1. The number of nitrogens with two attached hydrogens (primary N) is 1. The maximum absolute atomic E-state index is 13.7. The van der Waals surface area contributed by atoms with Gasteiger partial charge in [-0.25, -0.2) is 4.39 Å². The summed E-state index contributed by atoms with van der Waals surface area (Å²) in [6.45, 7) is 4.31. The molecule has 3 N–H and O–H groups in total. The molecular formula is C24H26FN3O2. The molecule has 0 fully saturated rings. The lowest BCUT2D eigenvalue weighted by atomic mass is 9.90. The Kier molecular flexibility index (Phi) is 5.33. The van der Waals surface area contributed by atoms with Crippen LogP contribution < -0.4 is 11.1 Å². The molecule has 0 radical (unpaired) electrons. The smallest absolute Gasteiger partial charge is 0.248 e. The highest BCUT2D eigenvalue weighted by atomic mass is 19.1. The van der Waals surface area contributed by atoms with Crippen molar-refractivity contribution in [2.45, 2.75) is 45.7 Å². The number of benzene rings is 2. The largest absolute Gasteiger partial charge is 0.366 e. The van der Waals surface area contributed by atoms with Crippen LogP contribution in [0.4, 0.5) is 4.39 Å². The first-order chi connectivity index (χ1) is 14.3. The van der Waals surface area contributed by atoms with Crippen molar-refractivity contribution in [2.75, 3.05) is 0 Å². The molecule has 1 aromatic heterocycles. The summed E-state index contributed by atoms with van der Waals surface area (Å²) >= 11 is 0. The molecule has 2 amide bonds. The molecule has 1 atom stereocenters. The number of rotatable bonds is 5. The highest BCUT2D eigenvalue weighted by Crippen LogP contribution is 2.34. The van der Waals surface area contributed by atoms with Crippen molar-refractivity contribution in [2.24, 2.45) is 11.7 Å². The van der Waals surface area contributed by atoms with Crippen LogP contribution in [0, 0.1) is 11.7 Å². The predicted molar refractivity (Wildman–Crippen MR) is 115 cm³/mol. The molecule has 1 aliphatic rings. The van der Waals surface area contributed by atoms with Crippen LogP contribution in [0.1, 0.15) is 47.4 Å².